The van der Waals surface area contributed by atoms with E-state index in [-0.39, 0.29) is 17.0 Å². The Kier molecular flexibility index (Phi) is 14.9. The molecule has 0 aromatic heterocycles. The molecule has 0 unspecified atom stereocenters. The quantitative estimate of drug-likeness (QED) is 0.427. The molecule has 1 N–H and O–H groups in total. The third kappa shape index (κ3) is 9.04. The highest BCUT2D eigenvalue weighted by Crippen LogP contribution is 2.11. The van der Waals surface area contributed by atoms with Gasteiger partial charge in [0.05, 0.1) is 26.2 Å². The first-order chi connectivity index (χ1) is 7.74. The third-order valence-corrected chi connectivity index (χ3v) is 3.90. The van der Waals surface area contributed by atoms with Gasteiger partial charge in [0, 0.05) is 0 Å². The van der Waals surface area contributed by atoms with Gasteiger partial charge in [0.15, 0.2) is 0 Å². The Labute approximate surface area is 119 Å². The zero-order chi connectivity index (χ0) is 12.3. The first-order valence-electron chi connectivity index (χ1n) is 7.20. The molecule has 0 spiro atoms. The van der Waals surface area contributed by atoms with Crippen LogP contribution in [-0.4, -0.2) is 42.4 Å². The number of rotatable bonds is 11. The van der Waals surface area contributed by atoms with Crippen LogP contribution in [0, 0.1) is 0 Å². The van der Waals surface area contributed by atoms with Gasteiger partial charge in [0.25, 0.3) is 0 Å². The Bertz CT molecular complexity index is 149. The summed E-state index contributed by atoms with van der Waals surface area (Å²) in [7, 11) is 0. The van der Waals surface area contributed by atoms with Gasteiger partial charge in [-0.2, -0.15) is 0 Å². The fourth-order valence-electron chi connectivity index (χ4n) is 2.41. The number of likely N-dealkylation sites (N-methyl/N-ethyl adjacent to an activating group) is 1. The van der Waals surface area contributed by atoms with E-state index in [9.17, 15) is 0 Å². The molecule has 0 saturated carbocycles. The number of unbranched alkanes of at least 4 members (excludes halogenated alkanes) is 5. The zero-order valence-electron chi connectivity index (χ0n) is 12.1. The molecule has 0 amide bonds. The second-order valence-electron chi connectivity index (χ2n) is 4.91. The van der Waals surface area contributed by atoms with E-state index in [1.807, 2.05) is 0 Å². The maximum Gasteiger partial charge on any atom is 0.102 e. The third-order valence-electron chi connectivity index (χ3n) is 3.90. The number of quaternary nitrogens is 1. The molecule has 0 aliphatic rings. The largest absolute Gasteiger partial charge is 1.00 e. The van der Waals surface area contributed by atoms with Crippen LogP contribution in [-0.2, 0) is 0 Å². The number of halogens is 1. The van der Waals surface area contributed by atoms with Crippen LogP contribution in [0.25, 0.3) is 0 Å². The standard InChI is InChI=1S/C14H32NO.BrH/c1-4-7-8-9-10-11-12-15(5-2,6-3)13-14-16;/h16H,4-14H2,1-3H3;1H/q+1;/p-1. The minimum absolute atomic E-state index is 0. The normalized spacial score (nSPS) is 11.3. The summed E-state index contributed by atoms with van der Waals surface area (Å²) in [5.41, 5.74) is 0. The van der Waals surface area contributed by atoms with E-state index in [0.29, 0.717) is 6.61 Å². The Morgan fingerprint density at radius 3 is 1.76 bits per heavy atom. The van der Waals surface area contributed by atoms with Crippen molar-refractivity contribution in [3.05, 3.63) is 0 Å². The van der Waals surface area contributed by atoms with Gasteiger partial charge in [-0.1, -0.05) is 32.6 Å². The molecule has 3 heteroatoms. The Hall–Kier alpha value is 0.400. The molecule has 0 aliphatic heterocycles. The summed E-state index contributed by atoms with van der Waals surface area (Å²) in [6.07, 6.45) is 8.19. The van der Waals surface area contributed by atoms with Crippen molar-refractivity contribution < 1.29 is 26.6 Å². The van der Waals surface area contributed by atoms with E-state index in [4.69, 9.17) is 5.11 Å². The van der Waals surface area contributed by atoms with Crippen molar-refractivity contribution in [3.63, 3.8) is 0 Å². The lowest BCUT2D eigenvalue weighted by Gasteiger charge is -2.36. The lowest BCUT2D eigenvalue weighted by Crippen LogP contribution is -3.00. The minimum Gasteiger partial charge on any atom is -1.00 e. The molecule has 0 aromatic rings. The summed E-state index contributed by atoms with van der Waals surface area (Å²) in [5.74, 6) is 0. The molecule has 0 fully saturated rings. The second-order valence-corrected chi connectivity index (χ2v) is 4.91. The monoisotopic (exact) mass is 309 g/mol. The van der Waals surface area contributed by atoms with Crippen LogP contribution in [0.15, 0.2) is 0 Å². The van der Waals surface area contributed by atoms with Crippen LogP contribution in [0.5, 0.6) is 0 Å². The van der Waals surface area contributed by atoms with Crippen LogP contribution < -0.4 is 17.0 Å². The Morgan fingerprint density at radius 2 is 1.29 bits per heavy atom. The molecule has 2 nitrogen and oxygen atoms in total. The molecule has 0 aromatic carbocycles. The van der Waals surface area contributed by atoms with Gasteiger partial charge < -0.3 is 26.6 Å². The molecular formula is C14H32BrNO. The van der Waals surface area contributed by atoms with Crippen molar-refractivity contribution in [1.82, 2.24) is 0 Å². The molecule has 0 atom stereocenters. The SMILES string of the molecule is CCCCCCCC[N+](CC)(CC)CCO.[Br-]. The Balaban J connectivity index is 0. The zero-order valence-corrected chi connectivity index (χ0v) is 13.6. The fourth-order valence-corrected chi connectivity index (χ4v) is 2.41. The van der Waals surface area contributed by atoms with Crippen LogP contribution in [0.3, 0.4) is 0 Å². The van der Waals surface area contributed by atoms with E-state index in [2.05, 4.69) is 20.8 Å². The summed E-state index contributed by atoms with van der Waals surface area (Å²) >= 11 is 0. The van der Waals surface area contributed by atoms with Gasteiger partial charge in [0.1, 0.15) is 6.54 Å². The van der Waals surface area contributed by atoms with Crippen molar-refractivity contribution in [2.24, 2.45) is 0 Å². The van der Waals surface area contributed by atoms with E-state index in [0.717, 1.165) is 24.1 Å². The van der Waals surface area contributed by atoms with E-state index >= 15 is 0 Å². The average Bonchev–Trinajstić information content (AvgIpc) is 2.32. The van der Waals surface area contributed by atoms with Crippen molar-refractivity contribution in [1.29, 1.82) is 0 Å². The summed E-state index contributed by atoms with van der Waals surface area (Å²) < 4.78 is 1.10. The molecule has 0 heterocycles. The van der Waals surface area contributed by atoms with Gasteiger partial charge in [0.2, 0.25) is 0 Å². The van der Waals surface area contributed by atoms with Gasteiger partial charge >= 0.3 is 0 Å². The van der Waals surface area contributed by atoms with E-state index in [1.165, 1.54) is 45.1 Å². The van der Waals surface area contributed by atoms with Gasteiger partial charge in [-0.3, -0.25) is 0 Å². The minimum atomic E-state index is 0. The number of aliphatic hydroxyl groups excluding tert-OH is 1. The highest BCUT2D eigenvalue weighted by molar-refractivity contribution is 4.46. The highest BCUT2D eigenvalue weighted by atomic mass is 79.9. The topological polar surface area (TPSA) is 20.2 Å². The molecule has 0 rings (SSSR count). The molecule has 0 bridgehead atoms. The molecule has 17 heavy (non-hydrogen) atoms. The van der Waals surface area contributed by atoms with E-state index in [1.54, 1.807) is 0 Å². The van der Waals surface area contributed by atoms with Crippen LogP contribution in [0.1, 0.15) is 59.3 Å². The number of aliphatic hydroxyl groups is 1. The van der Waals surface area contributed by atoms with Gasteiger partial charge in [-0.25, -0.2) is 0 Å². The maximum absolute atomic E-state index is 9.12. The molecule has 106 valence electrons. The van der Waals surface area contributed by atoms with Crippen LogP contribution >= 0.6 is 0 Å². The highest BCUT2D eigenvalue weighted by Gasteiger charge is 2.21. The number of nitrogens with zero attached hydrogens (tertiary/aromatic N) is 1. The van der Waals surface area contributed by atoms with Gasteiger partial charge in [-0.15, -0.1) is 0 Å². The fraction of sp³-hybridized carbons (Fsp3) is 1.00. The predicted octanol–water partition coefficient (Wildman–Crippen LogP) is 0.200. The molecule has 0 saturated heterocycles. The number of hydrogen-bond acceptors (Lipinski definition) is 1. The first kappa shape index (κ1) is 19.7. The first-order valence-corrected chi connectivity index (χ1v) is 7.20. The summed E-state index contributed by atoms with van der Waals surface area (Å²) in [4.78, 5) is 0. The lowest BCUT2D eigenvalue weighted by atomic mass is 10.1. The van der Waals surface area contributed by atoms with Crippen LogP contribution in [0.4, 0.5) is 0 Å². The lowest BCUT2D eigenvalue weighted by molar-refractivity contribution is -0.925. The van der Waals surface area contributed by atoms with Crippen molar-refractivity contribution in [2.45, 2.75) is 59.3 Å². The maximum atomic E-state index is 9.12. The van der Waals surface area contributed by atoms with Crippen LogP contribution in [0.2, 0.25) is 0 Å². The van der Waals surface area contributed by atoms with E-state index < -0.39 is 0 Å². The summed E-state index contributed by atoms with van der Waals surface area (Å²) in [5, 5.41) is 9.12. The van der Waals surface area contributed by atoms with Crippen molar-refractivity contribution in [2.75, 3.05) is 32.8 Å². The summed E-state index contributed by atoms with van der Waals surface area (Å²) in [6, 6.07) is 0. The average molecular weight is 310 g/mol. The smallest absolute Gasteiger partial charge is 0.102 e. The molecule has 0 aliphatic carbocycles. The second kappa shape index (κ2) is 12.8. The molecule has 0 radical (unpaired) electrons. The van der Waals surface area contributed by atoms with Crippen molar-refractivity contribution in [3.8, 4) is 0 Å². The van der Waals surface area contributed by atoms with Gasteiger partial charge in [-0.05, 0) is 26.7 Å². The predicted molar refractivity (Wildman–Crippen MR) is 71.5 cm³/mol. The Morgan fingerprint density at radius 1 is 0.765 bits per heavy atom. The summed E-state index contributed by atoms with van der Waals surface area (Å²) in [6.45, 7) is 11.6. The molecular weight excluding hydrogens is 278 g/mol. The van der Waals surface area contributed by atoms with Crippen molar-refractivity contribution >= 4 is 0 Å². The number of hydrogen-bond donors (Lipinski definition) is 1.